The van der Waals surface area contributed by atoms with Gasteiger partial charge in [-0.15, -0.1) is 0 Å². The molecular formula is C23H29FN2O4. The van der Waals surface area contributed by atoms with Crippen LogP contribution in [0.2, 0.25) is 0 Å². The average Bonchev–Trinajstić information content (AvgIpc) is 2.65. The second kappa shape index (κ2) is 10.4. The molecule has 0 radical (unpaired) electrons. The van der Waals surface area contributed by atoms with Crippen LogP contribution in [0.5, 0.6) is 0 Å². The predicted octanol–water partition coefficient (Wildman–Crippen LogP) is 4.13. The van der Waals surface area contributed by atoms with Gasteiger partial charge < -0.3 is 15.3 Å². The Labute approximate surface area is 176 Å². The molecule has 0 aliphatic rings. The summed E-state index contributed by atoms with van der Waals surface area (Å²) in [5.41, 5.74) is 2.85. The molecule has 0 bridgehead atoms. The third-order valence-corrected chi connectivity index (χ3v) is 4.58. The van der Waals surface area contributed by atoms with Crippen LogP contribution in [0.25, 0.3) is 17.3 Å². The minimum atomic E-state index is -1.15. The molecule has 0 saturated heterocycles. The summed E-state index contributed by atoms with van der Waals surface area (Å²) in [7, 11) is 0. The number of aliphatic hydroxyl groups excluding tert-OH is 2. The molecule has 162 valence electrons. The van der Waals surface area contributed by atoms with E-state index in [0.717, 1.165) is 11.3 Å². The van der Waals surface area contributed by atoms with Gasteiger partial charge in [-0.05, 0) is 30.2 Å². The second-order valence-electron chi connectivity index (χ2n) is 7.96. The van der Waals surface area contributed by atoms with Crippen molar-refractivity contribution in [3.8, 4) is 11.3 Å². The summed E-state index contributed by atoms with van der Waals surface area (Å²) in [5.74, 6) is -0.638. The van der Waals surface area contributed by atoms with Gasteiger partial charge in [-0.1, -0.05) is 39.8 Å². The molecule has 30 heavy (non-hydrogen) atoms. The van der Waals surface area contributed by atoms with Crippen LogP contribution in [0.3, 0.4) is 0 Å². The van der Waals surface area contributed by atoms with Gasteiger partial charge in [0.25, 0.3) is 0 Å². The van der Waals surface area contributed by atoms with Crippen LogP contribution in [0.4, 0.5) is 4.39 Å². The number of aliphatic carboxylic acids is 1. The molecule has 1 heterocycles. The van der Waals surface area contributed by atoms with Crippen LogP contribution in [-0.2, 0) is 4.79 Å². The standard InChI is InChI=1S/C23H29FN2O4/c1-13(2)21-19(10-9-17(27)11-18(28)12-20(29)30)22(26-23(25-21)14(3)4)15-5-7-16(24)8-6-15/h5-10,13-14,17-18,27-28H,11-12H2,1-4H3,(H,29,30)/b10-9+/t17?,18-/m1/s1. The van der Waals surface area contributed by atoms with Gasteiger partial charge in [-0.2, -0.15) is 0 Å². The first-order valence-corrected chi connectivity index (χ1v) is 10.0. The number of rotatable bonds is 9. The lowest BCUT2D eigenvalue weighted by molar-refractivity contribution is -0.139. The number of benzene rings is 1. The van der Waals surface area contributed by atoms with Gasteiger partial charge >= 0.3 is 5.97 Å². The molecule has 1 unspecified atom stereocenters. The maximum Gasteiger partial charge on any atom is 0.305 e. The molecule has 0 saturated carbocycles. The molecule has 6 nitrogen and oxygen atoms in total. The number of nitrogens with zero attached hydrogens (tertiary/aromatic N) is 2. The Morgan fingerprint density at radius 2 is 1.70 bits per heavy atom. The molecule has 0 fully saturated rings. The van der Waals surface area contributed by atoms with Crippen molar-refractivity contribution in [2.75, 3.05) is 0 Å². The van der Waals surface area contributed by atoms with E-state index in [1.165, 1.54) is 18.2 Å². The molecule has 0 spiro atoms. The quantitative estimate of drug-likeness (QED) is 0.568. The Balaban J connectivity index is 2.49. The zero-order valence-corrected chi connectivity index (χ0v) is 17.7. The zero-order chi connectivity index (χ0) is 22.4. The molecule has 2 aromatic rings. The molecule has 3 N–H and O–H groups in total. The highest BCUT2D eigenvalue weighted by Gasteiger charge is 2.19. The summed E-state index contributed by atoms with van der Waals surface area (Å²) in [6, 6.07) is 6.03. The fourth-order valence-electron chi connectivity index (χ4n) is 3.04. The Hall–Kier alpha value is -2.64. The number of carbonyl (C=O) groups is 1. The predicted molar refractivity (Wildman–Crippen MR) is 114 cm³/mol. The van der Waals surface area contributed by atoms with Crippen LogP contribution >= 0.6 is 0 Å². The molecule has 1 aromatic heterocycles. The molecule has 7 heteroatoms. The van der Waals surface area contributed by atoms with Crippen molar-refractivity contribution in [1.82, 2.24) is 9.97 Å². The van der Waals surface area contributed by atoms with Crippen molar-refractivity contribution in [3.05, 3.63) is 53.2 Å². The lowest BCUT2D eigenvalue weighted by Gasteiger charge is -2.18. The van der Waals surface area contributed by atoms with Crippen LogP contribution in [0, 0.1) is 5.82 Å². The first-order chi connectivity index (χ1) is 14.1. The van der Waals surface area contributed by atoms with Crippen molar-refractivity contribution in [2.24, 2.45) is 0 Å². The van der Waals surface area contributed by atoms with E-state index < -0.39 is 24.6 Å². The van der Waals surface area contributed by atoms with Crippen molar-refractivity contribution in [1.29, 1.82) is 0 Å². The van der Waals surface area contributed by atoms with Crippen LogP contribution < -0.4 is 0 Å². The highest BCUT2D eigenvalue weighted by molar-refractivity contribution is 5.73. The Bertz CT molecular complexity index is 895. The summed E-state index contributed by atoms with van der Waals surface area (Å²) in [4.78, 5) is 20.1. The number of aliphatic hydroxyl groups is 2. The van der Waals surface area contributed by atoms with Crippen LogP contribution in [0.15, 0.2) is 30.3 Å². The van der Waals surface area contributed by atoms with Crippen LogP contribution in [0.1, 0.15) is 69.5 Å². The van der Waals surface area contributed by atoms with Crippen molar-refractivity contribution in [2.45, 2.75) is 64.6 Å². The van der Waals surface area contributed by atoms with Gasteiger partial charge in [-0.25, -0.2) is 14.4 Å². The third kappa shape index (κ3) is 6.43. The maximum absolute atomic E-state index is 13.4. The van der Waals surface area contributed by atoms with Gasteiger partial charge in [0.05, 0.1) is 30.0 Å². The maximum atomic E-state index is 13.4. The molecular weight excluding hydrogens is 387 g/mol. The molecule has 1 aromatic carbocycles. The van der Waals surface area contributed by atoms with E-state index in [2.05, 4.69) is 0 Å². The highest BCUT2D eigenvalue weighted by Crippen LogP contribution is 2.31. The molecule has 0 amide bonds. The Morgan fingerprint density at radius 1 is 1.07 bits per heavy atom. The van der Waals surface area contributed by atoms with E-state index in [0.29, 0.717) is 17.1 Å². The number of carboxylic acid groups (broad SMARTS) is 1. The van der Waals surface area contributed by atoms with Gasteiger partial charge in [0.15, 0.2) is 0 Å². The lowest BCUT2D eigenvalue weighted by atomic mass is 9.96. The Kier molecular flexibility index (Phi) is 8.20. The van der Waals surface area contributed by atoms with E-state index >= 15 is 0 Å². The van der Waals surface area contributed by atoms with E-state index in [4.69, 9.17) is 15.1 Å². The fraction of sp³-hybridized carbons (Fsp3) is 0.435. The molecule has 0 aliphatic carbocycles. The normalized spacial score (nSPS) is 13.9. The van der Waals surface area contributed by atoms with E-state index in [-0.39, 0.29) is 24.1 Å². The SMILES string of the molecule is CC(C)c1nc(-c2ccc(F)cc2)c(/C=C/C(O)C[C@@H](O)CC(=O)O)c(C(C)C)n1. The summed E-state index contributed by atoms with van der Waals surface area (Å²) in [6.07, 6.45) is 0.466. The highest BCUT2D eigenvalue weighted by atomic mass is 19.1. The zero-order valence-electron chi connectivity index (χ0n) is 17.7. The monoisotopic (exact) mass is 416 g/mol. The number of aromatic nitrogens is 2. The van der Waals surface area contributed by atoms with Gasteiger partial charge in [0, 0.05) is 23.5 Å². The largest absolute Gasteiger partial charge is 0.481 e. The van der Waals surface area contributed by atoms with E-state index in [1.54, 1.807) is 18.2 Å². The third-order valence-electron chi connectivity index (χ3n) is 4.58. The number of hydrogen-bond acceptors (Lipinski definition) is 5. The molecule has 2 rings (SSSR count). The summed E-state index contributed by atoms with van der Waals surface area (Å²) >= 11 is 0. The summed E-state index contributed by atoms with van der Waals surface area (Å²) in [6.45, 7) is 8.00. The summed E-state index contributed by atoms with van der Waals surface area (Å²) in [5, 5.41) is 28.7. The topological polar surface area (TPSA) is 104 Å². The van der Waals surface area contributed by atoms with Gasteiger partial charge in [-0.3, -0.25) is 4.79 Å². The van der Waals surface area contributed by atoms with Gasteiger partial charge in [0.1, 0.15) is 11.6 Å². The lowest BCUT2D eigenvalue weighted by Crippen LogP contribution is -2.19. The fourth-order valence-corrected chi connectivity index (χ4v) is 3.04. The minimum Gasteiger partial charge on any atom is -0.481 e. The first kappa shape index (κ1) is 23.6. The van der Waals surface area contributed by atoms with Crippen LogP contribution in [-0.4, -0.2) is 43.5 Å². The summed E-state index contributed by atoms with van der Waals surface area (Å²) < 4.78 is 13.4. The number of hydrogen-bond donors (Lipinski definition) is 3. The number of carboxylic acids is 1. The smallest absolute Gasteiger partial charge is 0.305 e. The van der Waals surface area contributed by atoms with E-state index in [9.17, 15) is 19.4 Å². The van der Waals surface area contributed by atoms with Crippen molar-refractivity contribution in [3.63, 3.8) is 0 Å². The molecule has 2 atom stereocenters. The van der Waals surface area contributed by atoms with Crippen molar-refractivity contribution >= 4 is 12.0 Å². The number of halogens is 1. The second-order valence-corrected chi connectivity index (χ2v) is 7.96. The average molecular weight is 416 g/mol. The van der Waals surface area contributed by atoms with E-state index in [1.807, 2.05) is 27.7 Å². The Morgan fingerprint density at radius 3 is 2.23 bits per heavy atom. The van der Waals surface area contributed by atoms with Crippen molar-refractivity contribution < 1.29 is 24.5 Å². The van der Waals surface area contributed by atoms with Gasteiger partial charge in [0.2, 0.25) is 0 Å². The minimum absolute atomic E-state index is 0.0686. The molecule has 0 aliphatic heterocycles. The first-order valence-electron chi connectivity index (χ1n) is 10.0.